The first-order chi connectivity index (χ1) is 14.5. The van der Waals surface area contributed by atoms with Crippen LogP contribution >= 0.6 is 23.1 Å². The molecule has 0 radical (unpaired) electrons. The van der Waals surface area contributed by atoms with Crippen LogP contribution in [0, 0.1) is 6.92 Å². The summed E-state index contributed by atoms with van der Waals surface area (Å²) in [5.41, 5.74) is 2.53. The van der Waals surface area contributed by atoms with Gasteiger partial charge >= 0.3 is 5.97 Å². The minimum Gasteiger partial charge on any atom is -0.465 e. The molecule has 160 valence electrons. The topological polar surface area (TPSA) is 97.4 Å². The van der Waals surface area contributed by atoms with E-state index in [9.17, 15) is 14.4 Å². The number of nitrogens with one attached hydrogen (secondary N) is 2. The van der Waals surface area contributed by atoms with Gasteiger partial charge < -0.3 is 15.4 Å². The summed E-state index contributed by atoms with van der Waals surface area (Å²) in [4.78, 5) is 41.4. The van der Waals surface area contributed by atoms with Gasteiger partial charge in [0.15, 0.2) is 5.13 Å². The summed E-state index contributed by atoms with van der Waals surface area (Å²) >= 11 is 2.36. The maximum atomic E-state index is 12.3. The van der Waals surface area contributed by atoms with Crippen LogP contribution in [0.3, 0.4) is 0 Å². The number of ether oxygens (including phenoxy) is 1. The van der Waals surface area contributed by atoms with Gasteiger partial charge in [-0.05, 0) is 37.5 Å². The Morgan fingerprint density at radius 1 is 1.17 bits per heavy atom. The number of aryl methyl sites for hydroxylation is 1. The van der Waals surface area contributed by atoms with Gasteiger partial charge in [0.1, 0.15) is 4.88 Å². The summed E-state index contributed by atoms with van der Waals surface area (Å²) in [5.74, 6) is -0.318. The molecular formula is C21H25N3O4S2. The first kappa shape index (κ1) is 22.3. The molecule has 1 aromatic carbocycles. The van der Waals surface area contributed by atoms with Gasteiger partial charge in [0.05, 0.1) is 24.3 Å². The van der Waals surface area contributed by atoms with E-state index < -0.39 is 5.97 Å². The van der Waals surface area contributed by atoms with Crippen LogP contribution in [-0.4, -0.2) is 41.4 Å². The third-order valence-corrected chi connectivity index (χ3v) is 6.68. The van der Waals surface area contributed by atoms with Crippen LogP contribution < -0.4 is 10.6 Å². The molecule has 0 bridgehead atoms. The molecule has 0 unspecified atom stereocenters. The third kappa shape index (κ3) is 6.06. The predicted molar refractivity (Wildman–Crippen MR) is 120 cm³/mol. The van der Waals surface area contributed by atoms with Crippen molar-refractivity contribution < 1.29 is 19.1 Å². The van der Waals surface area contributed by atoms with Gasteiger partial charge in [-0.1, -0.05) is 36.3 Å². The number of amides is 2. The zero-order chi connectivity index (χ0) is 21.5. The van der Waals surface area contributed by atoms with Crippen LogP contribution in [0.25, 0.3) is 0 Å². The molecule has 1 heterocycles. The Labute approximate surface area is 184 Å². The molecule has 1 fully saturated rings. The lowest BCUT2D eigenvalue weighted by Gasteiger charge is -2.07. The highest BCUT2D eigenvalue weighted by atomic mass is 32.2. The molecule has 7 nitrogen and oxygen atoms in total. The molecule has 2 aromatic rings. The fraction of sp³-hybridized carbons (Fsp3) is 0.429. The molecule has 2 N–H and O–H groups in total. The van der Waals surface area contributed by atoms with E-state index in [0.29, 0.717) is 10.0 Å². The lowest BCUT2D eigenvalue weighted by Crippen LogP contribution is -2.18. The minimum atomic E-state index is -0.419. The largest absolute Gasteiger partial charge is 0.465 e. The molecule has 0 saturated heterocycles. The van der Waals surface area contributed by atoms with Crippen molar-refractivity contribution in [1.82, 2.24) is 4.98 Å². The first-order valence-corrected chi connectivity index (χ1v) is 11.8. The van der Waals surface area contributed by atoms with Gasteiger partial charge in [-0.2, -0.15) is 0 Å². The van der Waals surface area contributed by atoms with Crippen LogP contribution in [0.4, 0.5) is 10.8 Å². The number of benzene rings is 1. The van der Waals surface area contributed by atoms with Gasteiger partial charge in [-0.15, -0.1) is 11.8 Å². The molecular weight excluding hydrogens is 422 g/mol. The number of thioether (sulfide) groups is 1. The molecule has 1 aliphatic rings. The Kier molecular flexibility index (Phi) is 7.87. The molecule has 2 amide bonds. The normalized spacial score (nSPS) is 13.8. The van der Waals surface area contributed by atoms with Gasteiger partial charge in [-0.25, -0.2) is 9.78 Å². The quantitative estimate of drug-likeness (QED) is 0.589. The SMILES string of the molecule is COC(=O)c1sc(NC(=O)CSCC(=O)Nc2cccc(C)c2)nc1C1CCCC1. The summed E-state index contributed by atoms with van der Waals surface area (Å²) in [6, 6.07) is 7.54. The molecule has 9 heteroatoms. The van der Waals surface area contributed by atoms with E-state index in [1.807, 2.05) is 31.2 Å². The number of rotatable bonds is 8. The van der Waals surface area contributed by atoms with Crippen molar-refractivity contribution in [3.63, 3.8) is 0 Å². The molecule has 0 spiro atoms. The smallest absolute Gasteiger partial charge is 0.350 e. The highest BCUT2D eigenvalue weighted by Crippen LogP contribution is 2.38. The summed E-state index contributed by atoms with van der Waals surface area (Å²) in [6.07, 6.45) is 4.22. The minimum absolute atomic E-state index is 0.118. The average Bonchev–Trinajstić information content (AvgIpc) is 3.37. The van der Waals surface area contributed by atoms with Crippen LogP contribution in [0.5, 0.6) is 0 Å². The summed E-state index contributed by atoms with van der Waals surface area (Å²) in [5, 5.41) is 5.95. The maximum absolute atomic E-state index is 12.3. The van der Waals surface area contributed by atoms with Gasteiger partial charge in [0.2, 0.25) is 11.8 Å². The fourth-order valence-corrected chi connectivity index (χ4v) is 5.01. The van der Waals surface area contributed by atoms with E-state index in [1.54, 1.807) is 0 Å². The number of hydrogen-bond donors (Lipinski definition) is 2. The molecule has 1 aromatic heterocycles. The number of esters is 1. The fourth-order valence-electron chi connectivity index (χ4n) is 3.41. The van der Waals surface area contributed by atoms with E-state index in [-0.39, 0.29) is 29.2 Å². The number of thiazole rings is 1. The number of hydrogen-bond acceptors (Lipinski definition) is 7. The van der Waals surface area contributed by atoms with Crippen LogP contribution in [0.1, 0.15) is 52.5 Å². The van der Waals surface area contributed by atoms with E-state index in [0.717, 1.165) is 54.0 Å². The van der Waals surface area contributed by atoms with Gasteiger partial charge in [0.25, 0.3) is 0 Å². The van der Waals surface area contributed by atoms with E-state index in [4.69, 9.17) is 4.74 Å². The van der Waals surface area contributed by atoms with E-state index >= 15 is 0 Å². The van der Waals surface area contributed by atoms with E-state index in [1.165, 1.54) is 18.9 Å². The van der Waals surface area contributed by atoms with Crippen molar-refractivity contribution in [1.29, 1.82) is 0 Å². The standard InChI is InChI=1S/C21H25N3O4S2/c1-13-6-5-9-15(10-13)22-16(25)11-29-12-17(26)23-21-24-18(14-7-3-4-8-14)19(30-21)20(27)28-2/h5-6,9-10,14H,3-4,7-8,11-12H2,1-2H3,(H,22,25)(H,23,24,26). The lowest BCUT2D eigenvalue weighted by atomic mass is 10.0. The van der Waals surface area contributed by atoms with Crippen LogP contribution in [-0.2, 0) is 14.3 Å². The summed E-state index contributed by atoms with van der Waals surface area (Å²) in [7, 11) is 1.34. The van der Waals surface area contributed by atoms with Crippen molar-refractivity contribution in [3.05, 3.63) is 40.4 Å². The number of aromatic nitrogens is 1. The average molecular weight is 448 g/mol. The highest BCUT2D eigenvalue weighted by molar-refractivity contribution is 8.00. The molecule has 30 heavy (non-hydrogen) atoms. The van der Waals surface area contributed by atoms with Crippen molar-refractivity contribution in [3.8, 4) is 0 Å². The molecule has 1 saturated carbocycles. The number of nitrogens with zero attached hydrogens (tertiary/aromatic N) is 1. The third-order valence-electron chi connectivity index (χ3n) is 4.78. The molecule has 0 aliphatic heterocycles. The van der Waals surface area contributed by atoms with Crippen LogP contribution in [0.2, 0.25) is 0 Å². The Hall–Kier alpha value is -2.39. The van der Waals surface area contributed by atoms with E-state index in [2.05, 4.69) is 15.6 Å². The Bertz CT molecular complexity index is 923. The van der Waals surface area contributed by atoms with Crippen molar-refractivity contribution >= 4 is 51.7 Å². The summed E-state index contributed by atoms with van der Waals surface area (Å²) < 4.78 is 4.87. The van der Waals surface area contributed by atoms with Gasteiger partial charge in [-0.3, -0.25) is 9.59 Å². The first-order valence-electron chi connectivity index (χ1n) is 9.79. The molecule has 3 rings (SSSR count). The lowest BCUT2D eigenvalue weighted by molar-refractivity contribution is -0.114. The van der Waals surface area contributed by atoms with Crippen molar-refractivity contribution in [2.75, 3.05) is 29.2 Å². The maximum Gasteiger partial charge on any atom is 0.350 e. The monoisotopic (exact) mass is 447 g/mol. The zero-order valence-corrected chi connectivity index (χ0v) is 18.7. The molecule has 1 aliphatic carbocycles. The number of anilines is 2. The van der Waals surface area contributed by atoms with Gasteiger partial charge in [0, 0.05) is 11.6 Å². The number of carbonyl (C=O) groups is 3. The Morgan fingerprint density at radius 3 is 2.53 bits per heavy atom. The second-order valence-electron chi connectivity index (χ2n) is 7.16. The number of carbonyl (C=O) groups excluding carboxylic acids is 3. The Balaban J connectivity index is 1.50. The summed E-state index contributed by atoms with van der Waals surface area (Å²) in [6.45, 7) is 1.96. The Morgan fingerprint density at radius 2 is 1.87 bits per heavy atom. The molecule has 0 atom stereocenters. The second-order valence-corrected chi connectivity index (χ2v) is 9.15. The van der Waals surface area contributed by atoms with Crippen LogP contribution in [0.15, 0.2) is 24.3 Å². The second kappa shape index (κ2) is 10.6. The van der Waals surface area contributed by atoms with Crippen molar-refractivity contribution in [2.24, 2.45) is 0 Å². The zero-order valence-electron chi connectivity index (χ0n) is 17.0. The van der Waals surface area contributed by atoms with Crippen molar-refractivity contribution in [2.45, 2.75) is 38.5 Å². The highest BCUT2D eigenvalue weighted by Gasteiger charge is 2.28. The predicted octanol–water partition coefficient (Wildman–Crippen LogP) is 4.21. The number of methoxy groups -OCH3 is 1.